The van der Waals surface area contributed by atoms with Crippen LogP contribution >= 0.6 is 24.8 Å². The maximum atomic E-state index is 15.5. The number of nitrogens with zero attached hydrogens (tertiary/aromatic N) is 2. The molecule has 1 saturated heterocycles. The minimum atomic E-state index is -3.71. The van der Waals surface area contributed by atoms with Crippen molar-refractivity contribution in [2.45, 2.75) is 38.7 Å². The van der Waals surface area contributed by atoms with Crippen LogP contribution in [0.15, 0.2) is 54.1 Å². The zero-order chi connectivity index (χ0) is 26.0. The predicted molar refractivity (Wildman–Crippen MR) is 145 cm³/mol. The van der Waals surface area contributed by atoms with Crippen molar-refractivity contribution in [3.05, 3.63) is 65.5 Å². The van der Waals surface area contributed by atoms with Crippen LogP contribution < -0.4 is 20.7 Å². The Morgan fingerprint density at radius 1 is 1.24 bits per heavy atom. The molecule has 208 valence electrons. The molecule has 1 aliphatic heterocycles. The lowest BCUT2D eigenvalue weighted by Crippen LogP contribution is -2.46. The molecule has 2 atom stereocenters. The van der Waals surface area contributed by atoms with E-state index in [4.69, 9.17) is 10.5 Å². The third-order valence-corrected chi connectivity index (χ3v) is 6.23. The monoisotopic (exact) mass is 576 g/mol. The van der Waals surface area contributed by atoms with Gasteiger partial charge in [0.2, 0.25) is 0 Å². The van der Waals surface area contributed by atoms with Crippen LogP contribution in [0, 0.1) is 11.7 Å². The molecule has 0 bridgehead atoms. The van der Waals surface area contributed by atoms with Gasteiger partial charge in [0.25, 0.3) is 11.8 Å². The molecule has 0 unspecified atom stereocenters. The number of hydrogen-bond donors (Lipinski definition) is 2. The average Bonchev–Trinajstić information content (AvgIpc) is 2.80. The SMILES string of the molecule is CCOc1ccc(C2=C(F)C(C(=O)Nc3cnccc3N3C[C@H](C)C[C@H](N)C3)=CCC2(F)F)c(F)c1.Cl.Cl. The molecule has 2 aromatic rings. The van der Waals surface area contributed by atoms with E-state index in [-0.39, 0.29) is 43.2 Å². The summed E-state index contributed by atoms with van der Waals surface area (Å²) in [6.07, 6.45) is 3.71. The van der Waals surface area contributed by atoms with Crippen LogP contribution in [-0.2, 0) is 4.79 Å². The second-order valence-electron chi connectivity index (χ2n) is 9.14. The van der Waals surface area contributed by atoms with Gasteiger partial charge in [-0.15, -0.1) is 24.8 Å². The van der Waals surface area contributed by atoms with Gasteiger partial charge in [0, 0.05) is 43.4 Å². The maximum Gasteiger partial charge on any atom is 0.280 e. The number of nitrogens with two attached hydrogens (primary N) is 1. The van der Waals surface area contributed by atoms with Crippen LogP contribution in [0.1, 0.15) is 32.3 Å². The van der Waals surface area contributed by atoms with Crippen molar-refractivity contribution < 1.29 is 27.1 Å². The number of pyridine rings is 1. The summed E-state index contributed by atoms with van der Waals surface area (Å²) in [7, 11) is 0. The summed E-state index contributed by atoms with van der Waals surface area (Å²) in [4.78, 5) is 19.1. The zero-order valence-electron chi connectivity index (χ0n) is 20.8. The van der Waals surface area contributed by atoms with Crippen LogP contribution in [0.2, 0.25) is 0 Å². The number of ether oxygens (including phenoxy) is 1. The number of carbonyl (C=O) groups excluding carboxylic acids is 1. The fraction of sp³-hybridized carbons (Fsp3) is 0.385. The molecular weight excluding hydrogens is 547 g/mol. The highest BCUT2D eigenvalue weighted by Gasteiger charge is 2.43. The summed E-state index contributed by atoms with van der Waals surface area (Å²) in [6, 6.07) is 4.88. The Morgan fingerprint density at radius 3 is 2.63 bits per heavy atom. The molecule has 0 spiro atoms. The standard InChI is InChI=1S/C26H28F4N4O2.2ClH/c1-3-36-17-4-5-18(20(27)11-17)23-24(28)19(6-8-26(23,29)30)25(35)33-21-12-32-9-7-22(21)34-13-15(2)10-16(31)14-34;;/h4-7,9,11-12,15-16H,3,8,10,13-14,31H2,1-2H3,(H,33,35);2*1H/t15-,16+;;/m1../s1. The molecule has 1 aliphatic carbocycles. The van der Waals surface area contributed by atoms with E-state index in [0.29, 0.717) is 30.4 Å². The number of anilines is 2. The smallest absolute Gasteiger partial charge is 0.280 e. The van der Waals surface area contributed by atoms with E-state index in [0.717, 1.165) is 24.6 Å². The molecule has 1 aromatic carbocycles. The Bertz CT molecular complexity index is 1220. The van der Waals surface area contributed by atoms with Crippen molar-refractivity contribution in [1.82, 2.24) is 4.98 Å². The van der Waals surface area contributed by atoms with E-state index in [9.17, 15) is 18.0 Å². The number of halogens is 6. The van der Waals surface area contributed by atoms with Crippen molar-refractivity contribution in [3.63, 3.8) is 0 Å². The molecule has 12 heteroatoms. The second-order valence-corrected chi connectivity index (χ2v) is 9.14. The molecular formula is C26H30Cl2F4N4O2. The molecule has 1 aromatic heterocycles. The summed E-state index contributed by atoms with van der Waals surface area (Å²) in [5.74, 6) is -6.75. The van der Waals surface area contributed by atoms with E-state index < -0.39 is 46.6 Å². The summed E-state index contributed by atoms with van der Waals surface area (Å²) < 4.78 is 64.9. The van der Waals surface area contributed by atoms with E-state index in [2.05, 4.69) is 17.2 Å². The van der Waals surface area contributed by atoms with Gasteiger partial charge in [-0.1, -0.05) is 13.0 Å². The molecule has 0 saturated carbocycles. The fourth-order valence-electron chi connectivity index (χ4n) is 4.73. The van der Waals surface area contributed by atoms with Crippen molar-refractivity contribution in [2.24, 2.45) is 11.7 Å². The van der Waals surface area contributed by atoms with E-state index in [1.54, 1.807) is 19.2 Å². The maximum absolute atomic E-state index is 15.5. The Balaban J connectivity index is 0.00000253. The van der Waals surface area contributed by atoms with Gasteiger partial charge >= 0.3 is 0 Å². The number of piperidine rings is 1. The van der Waals surface area contributed by atoms with Gasteiger partial charge < -0.3 is 20.7 Å². The molecule has 3 N–H and O–H groups in total. The highest BCUT2D eigenvalue weighted by molar-refractivity contribution is 6.10. The largest absolute Gasteiger partial charge is 0.494 e. The van der Waals surface area contributed by atoms with Crippen molar-refractivity contribution >= 4 is 47.7 Å². The molecule has 2 heterocycles. The number of rotatable bonds is 6. The van der Waals surface area contributed by atoms with Crippen molar-refractivity contribution in [1.29, 1.82) is 0 Å². The number of carbonyl (C=O) groups is 1. The number of alkyl halides is 2. The number of allylic oxidation sites excluding steroid dienone is 2. The molecule has 4 rings (SSSR count). The highest BCUT2D eigenvalue weighted by Crippen LogP contribution is 2.45. The van der Waals surface area contributed by atoms with Crippen LogP contribution in [0.5, 0.6) is 5.75 Å². The lowest BCUT2D eigenvalue weighted by atomic mass is 9.88. The first-order valence-corrected chi connectivity index (χ1v) is 11.8. The van der Waals surface area contributed by atoms with Crippen molar-refractivity contribution in [3.8, 4) is 5.75 Å². The molecule has 2 aliphatic rings. The zero-order valence-corrected chi connectivity index (χ0v) is 22.5. The Hall–Kier alpha value is -2.82. The van der Waals surface area contributed by atoms with Gasteiger partial charge in [-0.25, -0.2) is 17.6 Å². The van der Waals surface area contributed by atoms with Gasteiger partial charge in [0.1, 0.15) is 17.4 Å². The highest BCUT2D eigenvalue weighted by atomic mass is 35.5. The lowest BCUT2D eigenvalue weighted by Gasteiger charge is -2.37. The van der Waals surface area contributed by atoms with Crippen LogP contribution in [0.4, 0.5) is 28.9 Å². The van der Waals surface area contributed by atoms with E-state index in [1.165, 1.54) is 12.3 Å². The number of amides is 1. The number of benzene rings is 1. The summed E-state index contributed by atoms with van der Waals surface area (Å²) in [6.45, 7) is 5.26. The number of aromatic nitrogens is 1. The predicted octanol–water partition coefficient (Wildman–Crippen LogP) is 5.92. The molecule has 38 heavy (non-hydrogen) atoms. The molecule has 0 radical (unpaired) electrons. The Kier molecular flexibility index (Phi) is 10.6. The number of hydrogen-bond acceptors (Lipinski definition) is 5. The minimum Gasteiger partial charge on any atom is -0.494 e. The average molecular weight is 577 g/mol. The molecule has 6 nitrogen and oxygen atoms in total. The van der Waals surface area contributed by atoms with Crippen LogP contribution in [0.3, 0.4) is 0 Å². The van der Waals surface area contributed by atoms with Gasteiger partial charge in [-0.2, -0.15) is 0 Å². The number of nitrogens with one attached hydrogen (secondary N) is 1. The lowest BCUT2D eigenvalue weighted by molar-refractivity contribution is -0.112. The van der Waals surface area contributed by atoms with Crippen LogP contribution in [-0.4, -0.2) is 42.6 Å². The second kappa shape index (κ2) is 12.8. The van der Waals surface area contributed by atoms with Crippen LogP contribution in [0.25, 0.3) is 5.57 Å². The Morgan fingerprint density at radius 2 is 1.97 bits per heavy atom. The third-order valence-electron chi connectivity index (χ3n) is 6.23. The van der Waals surface area contributed by atoms with E-state index in [1.807, 2.05) is 4.90 Å². The topological polar surface area (TPSA) is 80.5 Å². The Labute approximate surface area is 231 Å². The fourth-order valence-corrected chi connectivity index (χ4v) is 4.73. The summed E-state index contributed by atoms with van der Waals surface area (Å²) >= 11 is 0. The van der Waals surface area contributed by atoms with E-state index >= 15 is 4.39 Å². The van der Waals surface area contributed by atoms with Gasteiger partial charge in [-0.05, 0) is 37.5 Å². The molecule has 1 amide bonds. The van der Waals surface area contributed by atoms with Crippen molar-refractivity contribution in [2.75, 3.05) is 29.9 Å². The van der Waals surface area contributed by atoms with Gasteiger partial charge in [-0.3, -0.25) is 9.78 Å². The first-order valence-electron chi connectivity index (χ1n) is 11.8. The first-order chi connectivity index (χ1) is 17.1. The molecule has 1 fully saturated rings. The summed E-state index contributed by atoms with van der Waals surface area (Å²) in [5, 5.41) is 2.59. The minimum absolute atomic E-state index is 0. The first kappa shape index (κ1) is 31.4. The van der Waals surface area contributed by atoms with Gasteiger partial charge in [0.15, 0.2) is 0 Å². The quantitative estimate of drug-likeness (QED) is 0.417. The third kappa shape index (κ3) is 6.59. The normalized spacial score (nSPS) is 20.6. The van der Waals surface area contributed by atoms with Gasteiger partial charge in [0.05, 0.1) is 35.3 Å². The summed E-state index contributed by atoms with van der Waals surface area (Å²) in [5.41, 5.74) is 4.70.